The van der Waals surface area contributed by atoms with Crippen LogP contribution in [-0.4, -0.2) is 34.6 Å². The van der Waals surface area contributed by atoms with E-state index in [1.165, 1.54) is 0 Å². The molecule has 118 valence electrons. The van der Waals surface area contributed by atoms with Crippen molar-refractivity contribution in [2.45, 2.75) is 18.5 Å². The van der Waals surface area contributed by atoms with Crippen LogP contribution in [0.1, 0.15) is 17.7 Å². The number of rotatable bonds is 4. The van der Waals surface area contributed by atoms with Crippen molar-refractivity contribution in [3.8, 4) is 17.4 Å². The molecule has 0 aliphatic carbocycles. The Morgan fingerprint density at radius 2 is 2.17 bits per heavy atom. The van der Waals surface area contributed by atoms with Gasteiger partial charge in [-0.05, 0) is 30.7 Å². The molecule has 6 nitrogen and oxygen atoms in total. The second kappa shape index (κ2) is 5.88. The molecule has 3 rings (SSSR count). The molecule has 0 radical (unpaired) electrons. The maximum Gasteiger partial charge on any atom is 0.325 e. The molecule has 2 aromatic rings. The Kier molecular flexibility index (Phi) is 3.90. The Balaban J connectivity index is 1.74. The predicted molar refractivity (Wildman–Crippen MR) is 83.3 cm³/mol. The number of nitrogens with zero attached hydrogens (tertiary/aromatic N) is 2. The van der Waals surface area contributed by atoms with Gasteiger partial charge in [0.2, 0.25) is 0 Å². The highest BCUT2D eigenvalue weighted by Crippen LogP contribution is 2.27. The third-order valence-electron chi connectivity index (χ3n) is 4.16. The molecular weight excluding hydrogens is 294 g/mol. The van der Waals surface area contributed by atoms with E-state index in [4.69, 9.17) is 20.5 Å². The zero-order valence-electron chi connectivity index (χ0n) is 12.5. The molecule has 1 aromatic heterocycles. The third-order valence-corrected chi connectivity index (χ3v) is 4.16. The fraction of sp³-hybridized carbons (Fsp3) is 0.294. The van der Waals surface area contributed by atoms with Crippen LogP contribution in [0, 0.1) is 11.3 Å². The summed E-state index contributed by atoms with van der Waals surface area (Å²) in [5.74, 6) is 0.388. The van der Waals surface area contributed by atoms with E-state index in [0.29, 0.717) is 37.4 Å². The van der Waals surface area contributed by atoms with E-state index in [0.717, 1.165) is 11.3 Å². The van der Waals surface area contributed by atoms with Crippen LogP contribution in [-0.2, 0) is 11.3 Å². The van der Waals surface area contributed by atoms with Gasteiger partial charge in [0.15, 0.2) is 0 Å². The number of benzene rings is 1. The monoisotopic (exact) mass is 311 g/mol. The van der Waals surface area contributed by atoms with Crippen molar-refractivity contribution in [3.05, 3.63) is 47.7 Å². The van der Waals surface area contributed by atoms with Crippen LogP contribution in [0.4, 0.5) is 0 Å². The lowest BCUT2D eigenvalue weighted by Gasteiger charge is -2.19. The molecule has 1 aliphatic rings. The highest BCUT2D eigenvalue weighted by atomic mass is 16.4. The number of hydrogen-bond acceptors (Lipinski definition) is 5. The van der Waals surface area contributed by atoms with Crippen LogP contribution in [0.15, 0.2) is 40.8 Å². The zero-order valence-corrected chi connectivity index (χ0v) is 12.5. The largest absolute Gasteiger partial charge is 0.480 e. The van der Waals surface area contributed by atoms with Crippen LogP contribution >= 0.6 is 0 Å². The van der Waals surface area contributed by atoms with Crippen molar-refractivity contribution in [3.63, 3.8) is 0 Å². The maximum absolute atomic E-state index is 11.2. The second-order valence-electron chi connectivity index (χ2n) is 5.85. The molecule has 1 aliphatic heterocycles. The first kappa shape index (κ1) is 15.3. The van der Waals surface area contributed by atoms with Gasteiger partial charge in [-0.15, -0.1) is 0 Å². The van der Waals surface area contributed by atoms with E-state index in [1.54, 1.807) is 6.07 Å². The van der Waals surface area contributed by atoms with Crippen LogP contribution in [0.3, 0.4) is 0 Å². The summed E-state index contributed by atoms with van der Waals surface area (Å²) in [7, 11) is 0. The number of aliphatic carboxylic acids is 1. The van der Waals surface area contributed by atoms with Gasteiger partial charge >= 0.3 is 5.97 Å². The molecule has 0 bridgehead atoms. The number of carbonyl (C=O) groups is 1. The lowest BCUT2D eigenvalue weighted by molar-refractivity contribution is -0.142. The van der Waals surface area contributed by atoms with E-state index in [9.17, 15) is 4.79 Å². The molecule has 0 unspecified atom stereocenters. The highest BCUT2D eigenvalue weighted by molar-refractivity contribution is 5.79. The van der Waals surface area contributed by atoms with E-state index in [2.05, 4.69) is 6.07 Å². The fourth-order valence-corrected chi connectivity index (χ4v) is 2.85. The summed E-state index contributed by atoms with van der Waals surface area (Å²) in [4.78, 5) is 13.1. The van der Waals surface area contributed by atoms with E-state index >= 15 is 0 Å². The number of nitriles is 1. The summed E-state index contributed by atoms with van der Waals surface area (Å²) < 4.78 is 5.82. The molecule has 0 saturated carbocycles. The molecule has 1 fully saturated rings. The lowest BCUT2D eigenvalue weighted by atomic mass is 10.0. The minimum atomic E-state index is -1.18. The lowest BCUT2D eigenvalue weighted by Crippen LogP contribution is -2.49. The zero-order chi connectivity index (χ0) is 16.4. The minimum absolute atomic E-state index is 0.299. The van der Waals surface area contributed by atoms with Gasteiger partial charge in [0.25, 0.3) is 0 Å². The van der Waals surface area contributed by atoms with Crippen molar-refractivity contribution < 1.29 is 14.3 Å². The maximum atomic E-state index is 11.2. The normalized spacial score (nSPS) is 21.2. The number of nitrogens with two attached hydrogens (primary N) is 1. The summed E-state index contributed by atoms with van der Waals surface area (Å²) in [5, 5.41) is 18.3. The van der Waals surface area contributed by atoms with Gasteiger partial charge in [-0.3, -0.25) is 9.69 Å². The molecule has 0 amide bonds. The van der Waals surface area contributed by atoms with E-state index in [-0.39, 0.29) is 0 Å². The Morgan fingerprint density at radius 3 is 2.87 bits per heavy atom. The number of carboxylic acids is 1. The van der Waals surface area contributed by atoms with Gasteiger partial charge in [0, 0.05) is 18.7 Å². The molecular formula is C17H17N3O3. The summed E-state index contributed by atoms with van der Waals surface area (Å²) >= 11 is 0. The smallest absolute Gasteiger partial charge is 0.325 e. The first-order valence-electron chi connectivity index (χ1n) is 7.35. The van der Waals surface area contributed by atoms with Crippen LogP contribution in [0.5, 0.6) is 0 Å². The Labute approximate surface area is 133 Å². The topological polar surface area (TPSA) is 103 Å². The number of hydrogen-bond donors (Lipinski definition) is 2. The summed E-state index contributed by atoms with van der Waals surface area (Å²) in [6.45, 7) is 1.42. The van der Waals surface area contributed by atoms with E-state index in [1.807, 2.05) is 35.2 Å². The molecule has 23 heavy (non-hydrogen) atoms. The molecule has 3 N–H and O–H groups in total. The molecule has 0 spiro atoms. The SMILES string of the molecule is N#Cc1ccccc1-c1ccc(CN2CC[C@](N)(C(=O)O)C2)o1. The summed E-state index contributed by atoms with van der Waals surface area (Å²) in [6, 6.07) is 13.1. The molecule has 2 heterocycles. The van der Waals surface area contributed by atoms with E-state index < -0.39 is 11.5 Å². The average Bonchev–Trinajstić information content (AvgIpc) is 3.15. The first-order chi connectivity index (χ1) is 11.0. The second-order valence-corrected chi connectivity index (χ2v) is 5.85. The molecule has 1 atom stereocenters. The van der Waals surface area contributed by atoms with Gasteiger partial charge in [-0.1, -0.05) is 12.1 Å². The first-order valence-corrected chi connectivity index (χ1v) is 7.35. The van der Waals surface area contributed by atoms with Crippen molar-refractivity contribution in [1.82, 2.24) is 4.90 Å². The highest BCUT2D eigenvalue weighted by Gasteiger charge is 2.41. The molecule has 1 aromatic carbocycles. The van der Waals surface area contributed by atoms with Gasteiger partial charge in [0.05, 0.1) is 18.2 Å². The minimum Gasteiger partial charge on any atom is -0.480 e. The van der Waals surface area contributed by atoms with Crippen molar-refractivity contribution >= 4 is 5.97 Å². The van der Waals surface area contributed by atoms with Gasteiger partial charge in [-0.25, -0.2) is 0 Å². The summed E-state index contributed by atoms with van der Waals surface area (Å²) in [6.07, 6.45) is 0.424. The third kappa shape index (κ3) is 2.97. The van der Waals surface area contributed by atoms with Crippen LogP contribution in [0.2, 0.25) is 0 Å². The van der Waals surface area contributed by atoms with Gasteiger partial charge in [0.1, 0.15) is 17.1 Å². The van der Waals surface area contributed by atoms with Crippen molar-refractivity contribution in [2.24, 2.45) is 5.73 Å². The van der Waals surface area contributed by atoms with Crippen molar-refractivity contribution in [1.29, 1.82) is 5.26 Å². The standard InChI is InChI=1S/C17H17N3O3/c18-9-12-3-1-2-4-14(12)15-6-5-13(23-15)10-20-8-7-17(19,11-20)16(21)22/h1-6H,7-8,10-11,19H2,(H,21,22)/t17-/m1/s1. The van der Waals surface area contributed by atoms with Crippen LogP contribution in [0.25, 0.3) is 11.3 Å². The number of carboxylic acid groups (broad SMARTS) is 1. The predicted octanol–water partition coefficient (Wildman–Crippen LogP) is 1.81. The Bertz CT molecular complexity index is 777. The quantitative estimate of drug-likeness (QED) is 0.892. The number of likely N-dealkylation sites (tertiary alicyclic amines) is 1. The molecule has 1 saturated heterocycles. The number of furan rings is 1. The van der Waals surface area contributed by atoms with Crippen LogP contribution < -0.4 is 5.73 Å². The average molecular weight is 311 g/mol. The van der Waals surface area contributed by atoms with Gasteiger partial charge < -0.3 is 15.3 Å². The fourth-order valence-electron chi connectivity index (χ4n) is 2.85. The Hall–Kier alpha value is -2.62. The Morgan fingerprint density at radius 1 is 1.39 bits per heavy atom. The summed E-state index contributed by atoms with van der Waals surface area (Å²) in [5.41, 5.74) is 6.00. The van der Waals surface area contributed by atoms with Crippen molar-refractivity contribution in [2.75, 3.05) is 13.1 Å². The molecule has 6 heteroatoms. The van der Waals surface area contributed by atoms with Gasteiger partial charge in [-0.2, -0.15) is 5.26 Å².